The molecule has 3 aromatic rings. The number of aromatic nitrogens is 5. The van der Waals surface area contributed by atoms with Gasteiger partial charge in [-0.25, -0.2) is 4.52 Å². The average molecular weight is 361 g/mol. The summed E-state index contributed by atoms with van der Waals surface area (Å²) in [6.07, 6.45) is 7.02. The molecule has 1 atom stereocenters. The van der Waals surface area contributed by atoms with E-state index < -0.39 is 0 Å². The van der Waals surface area contributed by atoms with Crippen LogP contribution in [0.25, 0.3) is 5.65 Å². The molecule has 114 valence electrons. The number of aryl methyl sites for hydroxylation is 1. The summed E-state index contributed by atoms with van der Waals surface area (Å²) in [5.74, 6) is 0.684. The zero-order valence-corrected chi connectivity index (χ0v) is 13.9. The molecule has 0 spiro atoms. The topological polar surface area (TPSA) is 60.0 Å². The van der Waals surface area contributed by atoms with Crippen LogP contribution >= 0.6 is 15.9 Å². The standard InChI is InChI=1S/C15H17BrN6/c1-2-21-13-6-5-11(8-10(13)9-17-21)18-15-19-14-12(16)4-3-7-22(14)20-15/h3-4,7,9,11H,2,5-6,8H2,1H3,(H,18,20). The Labute approximate surface area is 136 Å². The number of pyridine rings is 1. The fourth-order valence-electron chi connectivity index (χ4n) is 3.10. The van der Waals surface area contributed by atoms with Crippen LogP contribution in [-0.4, -0.2) is 30.4 Å². The van der Waals surface area contributed by atoms with Gasteiger partial charge < -0.3 is 5.32 Å². The van der Waals surface area contributed by atoms with Gasteiger partial charge in [0.2, 0.25) is 5.95 Å². The number of hydrogen-bond acceptors (Lipinski definition) is 4. The lowest BCUT2D eigenvalue weighted by Crippen LogP contribution is -2.28. The van der Waals surface area contributed by atoms with E-state index in [1.807, 2.05) is 24.5 Å². The van der Waals surface area contributed by atoms with Crippen molar-refractivity contribution in [3.63, 3.8) is 0 Å². The normalized spacial score (nSPS) is 17.6. The summed E-state index contributed by atoms with van der Waals surface area (Å²) >= 11 is 3.51. The van der Waals surface area contributed by atoms with Crippen LogP contribution in [0.5, 0.6) is 0 Å². The van der Waals surface area contributed by atoms with Crippen LogP contribution in [0.15, 0.2) is 29.0 Å². The third-order valence-electron chi connectivity index (χ3n) is 4.18. The molecule has 1 N–H and O–H groups in total. The number of hydrogen-bond donors (Lipinski definition) is 1. The van der Waals surface area contributed by atoms with Crippen molar-refractivity contribution >= 4 is 27.5 Å². The van der Waals surface area contributed by atoms with Crippen molar-refractivity contribution in [3.05, 3.63) is 40.3 Å². The van der Waals surface area contributed by atoms with Crippen LogP contribution in [0.1, 0.15) is 24.6 Å². The molecule has 1 aliphatic rings. The minimum atomic E-state index is 0.359. The highest BCUT2D eigenvalue weighted by Gasteiger charge is 2.23. The summed E-state index contributed by atoms with van der Waals surface area (Å²) in [4.78, 5) is 4.56. The van der Waals surface area contributed by atoms with Gasteiger partial charge in [-0.2, -0.15) is 10.1 Å². The van der Waals surface area contributed by atoms with E-state index in [0.717, 1.165) is 35.9 Å². The number of nitrogens with one attached hydrogen (secondary N) is 1. The number of anilines is 1. The largest absolute Gasteiger partial charge is 0.350 e. The second-order valence-electron chi connectivity index (χ2n) is 5.58. The minimum Gasteiger partial charge on any atom is -0.350 e. The minimum absolute atomic E-state index is 0.359. The second kappa shape index (κ2) is 5.39. The molecule has 7 heteroatoms. The van der Waals surface area contributed by atoms with Gasteiger partial charge in [-0.05, 0) is 59.8 Å². The van der Waals surface area contributed by atoms with Crippen molar-refractivity contribution in [2.45, 2.75) is 38.8 Å². The Morgan fingerprint density at radius 1 is 1.45 bits per heavy atom. The van der Waals surface area contributed by atoms with E-state index in [1.165, 1.54) is 11.3 Å². The van der Waals surface area contributed by atoms with Gasteiger partial charge in [0.1, 0.15) is 0 Å². The van der Waals surface area contributed by atoms with E-state index in [9.17, 15) is 0 Å². The van der Waals surface area contributed by atoms with Crippen molar-refractivity contribution in [2.75, 3.05) is 5.32 Å². The molecular weight excluding hydrogens is 344 g/mol. The summed E-state index contributed by atoms with van der Waals surface area (Å²) in [6, 6.07) is 4.28. The molecule has 22 heavy (non-hydrogen) atoms. The molecule has 0 saturated carbocycles. The van der Waals surface area contributed by atoms with Crippen molar-refractivity contribution in [3.8, 4) is 0 Å². The zero-order valence-electron chi connectivity index (χ0n) is 12.3. The zero-order chi connectivity index (χ0) is 15.1. The van der Waals surface area contributed by atoms with Crippen LogP contribution in [0, 0.1) is 0 Å². The summed E-state index contributed by atoms with van der Waals surface area (Å²) in [6.45, 7) is 3.07. The Kier molecular flexibility index (Phi) is 3.37. The Morgan fingerprint density at radius 3 is 3.18 bits per heavy atom. The molecular formula is C15H17BrN6. The van der Waals surface area contributed by atoms with Gasteiger partial charge in [0, 0.05) is 24.5 Å². The van der Waals surface area contributed by atoms with Crippen molar-refractivity contribution in [2.24, 2.45) is 0 Å². The molecule has 0 fully saturated rings. The molecule has 1 unspecified atom stereocenters. The van der Waals surface area contributed by atoms with Gasteiger partial charge in [0.05, 0.1) is 10.7 Å². The van der Waals surface area contributed by atoms with Crippen molar-refractivity contribution in [1.82, 2.24) is 24.4 Å². The predicted octanol–water partition coefficient (Wildman–Crippen LogP) is 2.68. The monoisotopic (exact) mass is 360 g/mol. The van der Waals surface area contributed by atoms with E-state index in [-0.39, 0.29) is 0 Å². The molecule has 4 rings (SSSR count). The molecule has 0 aromatic carbocycles. The first-order valence-corrected chi connectivity index (χ1v) is 8.35. The lowest BCUT2D eigenvalue weighted by molar-refractivity contribution is 0.552. The number of halogens is 1. The Hall–Kier alpha value is -1.89. The van der Waals surface area contributed by atoms with E-state index in [0.29, 0.717) is 12.0 Å². The summed E-state index contributed by atoms with van der Waals surface area (Å²) < 4.78 is 4.84. The molecule has 0 aliphatic heterocycles. The van der Waals surface area contributed by atoms with Gasteiger partial charge in [-0.1, -0.05) is 0 Å². The quantitative estimate of drug-likeness (QED) is 0.779. The first kappa shape index (κ1) is 13.8. The van der Waals surface area contributed by atoms with Gasteiger partial charge in [-0.3, -0.25) is 4.68 Å². The van der Waals surface area contributed by atoms with E-state index in [1.54, 1.807) is 4.52 Å². The smallest absolute Gasteiger partial charge is 0.243 e. The first-order chi connectivity index (χ1) is 10.7. The highest BCUT2D eigenvalue weighted by atomic mass is 79.9. The van der Waals surface area contributed by atoms with E-state index in [2.05, 4.69) is 48.0 Å². The highest BCUT2D eigenvalue weighted by Crippen LogP contribution is 2.24. The Morgan fingerprint density at radius 2 is 2.36 bits per heavy atom. The van der Waals surface area contributed by atoms with Gasteiger partial charge in [0.15, 0.2) is 5.65 Å². The average Bonchev–Trinajstić information content (AvgIpc) is 3.11. The van der Waals surface area contributed by atoms with Gasteiger partial charge in [-0.15, -0.1) is 5.10 Å². The van der Waals surface area contributed by atoms with E-state index in [4.69, 9.17) is 0 Å². The maximum atomic E-state index is 4.56. The lowest BCUT2D eigenvalue weighted by atomic mass is 9.93. The van der Waals surface area contributed by atoms with Crippen molar-refractivity contribution < 1.29 is 0 Å². The van der Waals surface area contributed by atoms with E-state index >= 15 is 0 Å². The fourth-order valence-corrected chi connectivity index (χ4v) is 3.52. The molecule has 3 aromatic heterocycles. The molecule has 0 amide bonds. The summed E-state index contributed by atoms with van der Waals surface area (Å²) in [5.41, 5.74) is 3.56. The maximum absolute atomic E-state index is 4.56. The maximum Gasteiger partial charge on any atom is 0.243 e. The predicted molar refractivity (Wildman–Crippen MR) is 88.0 cm³/mol. The molecule has 3 heterocycles. The number of rotatable bonds is 3. The molecule has 1 aliphatic carbocycles. The summed E-state index contributed by atoms with van der Waals surface area (Å²) in [7, 11) is 0. The van der Waals surface area contributed by atoms with Crippen LogP contribution in [-0.2, 0) is 19.4 Å². The summed E-state index contributed by atoms with van der Waals surface area (Å²) in [5, 5.41) is 12.4. The van der Waals surface area contributed by atoms with Gasteiger partial charge >= 0.3 is 0 Å². The third kappa shape index (κ3) is 2.29. The number of fused-ring (bicyclic) bond motifs is 2. The molecule has 0 saturated heterocycles. The Bertz CT molecular complexity index is 821. The molecule has 0 bridgehead atoms. The highest BCUT2D eigenvalue weighted by molar-refractivity contribution is 9.10. The number of nitrogens with zero attached hydrogens (tertiary/aromatic N) is 5. The Balaban J connectivity index is 1.55. The van der Waals surface area contributed by atoms with Crippen LogP contribution in [0.4, 0.5) is 5.95 Å². The third-order valence-corrected chi connectivity index (χ3v) is 4.80. The van der Waals surface area contributed by atoms with Crippen LogP contribution in [0.2, 0.25) is 0 Å². The lowest BCUT2D eigenvalue weighted by Gasteiger charge is -2.23. The SMILES string of the molecule is CCn1ncc2c1CCC(Nc1nc3c(Br)cccn3n1)C2. The molecule has 0 radical (unpaired) electrons. The second-order valence-corrected chi connectivity index (χ2v) is 6.43. The van der Waals surface area contributed by atoms with Crippen molar-refractivity contribution in [1.29, 1.82) is 0 Å². The van der Waals surface area contributed by atoms with Crippen LogP contribution in [0.3, 0.4) is 0 Å². The fraction of sp³-hybridized carbons (Fsp3) is 0.400. The van der Waals surface area contributed by atoms with Crippen LogP contribution < -0.4 is 5.32 Å². The molecule has 6 nitrogen and oxygen atoms in total. The van der Waals surface area contributed by atoms with Gasteiger partial charge in [0.25, 0.3) is 0 Å². The first-order valence-electron chi connectivity index (χ1n) is 7.55.